The van der Waals surface area contributed by atoms with Gasteiger partial charge >= 0.3 is 0 Å². The summed E-state index contributed by atoms with van der Waals surface area (Å²) >= 11 is 0. The van der Waals surface area contributed by atoms with Gasteiger partial charge in [0.25, 0.3) is 0 Å². The Labute approximate surface area is 201 Å². The summed E-state index contributed by atoms with van der Waals surface area (Å²) in [6.45, 7) is 7.38. The molecule has 2 N–H and O–H groups in total. The summed E-state index contributed by atoms with van der Waals surface area (Å²) in [5.41, 5.74) is 2.65. The Morgan fingerprint density at radius 3 is 2.42 bits per heavy atom. The second-order valence-electron chi connectivity index (χ2n) is 7.22. The Bertz CT molecular complexity index is 856. The molecule has 10 heteroatoms. The van der Waals surface area contributed by atoms with Crippen molar-refractivity contribution in [3.63, 3.8) is 0 Å². The third kappa shape index (κ3) is 6.70. The lowest BCUT2D eigenvalue weighted by Gasteiger charge is -2.29. The zero-order valence-corrected chi connectivity index (χ0v) is 21.2. The van der Waals surface area contributed by atoms with Crippen LogP contribution in [0.15, 0.2) is 23.5 Å². The van der Waals surface area contributed by atoms with E-state index in [2.05, 4.69) is 54.3 Å². The van der Waals surface area contributed by atoms with E-state index in [-0.39, 0.29) is 24.0 Å². The number of ether oxygens (including phenoxy) is 2. The van der Waals surface area contributed by atoms with Gasteiger partial charge in [-0.1, -0.05) is 6.92 Å². The first-order valence-electron chi connectivity index (χ1n) is 10.5. The van der Waals surface area contributed by atoms with E-state index in [1.807, 2.05) is 0 Å². The van der Waals surface area contributed by atoms with E-state index in [1.165, 1.54) is 11.1 Å². The van der Waals surface area contributed by atoms with Gasteiger partial charge in [-0.15, -0.1) is 34.2 Å². The maximum atomic E-state index is 5.45. The molecule has 9 nitrogen and oxygen atoms in total. The Morgan fingerprint density at radius 1 is 1.10 bits per heavy atom. The first-order valence-corrected chi connectivity index (χ1v) is 10.5. The highest BCUT2D eigenvalue weighted by Gasteiger charge is 2.19. The van der Waals surface area contributed by atoms with Gasteiger partial charge in [-0.3, -0.25) is 9.89 Å². The van der Waals surface area contributed by atoms with E-state index in [0.717, 1.165) is 75.4 Å². The number of aliphatic imine (C=N–C) groups is 1. The largest absolute Gasteiger partial charge is 0.493 e. The van der Waals surface area contributed by atoms with Crippen LogP contribution in [0.5, 0.6) is 11.5 Å². The number of aryl methyl sites for hydroxylation is 1. The van der Waals surface area contributed by atoms with Gasteiger partial charge in [0.05, 0.1) is 14.2 Å². The fourth-order valence-corrected chi connectivity index (χ4v) is 3.72. The molecule has 0 unspecified atom stereocenters. The summed E-state index contributed by atoms with van der Waals surface area (Å²) in [4.78, 5) is 6.76. The number of guanidine groups is 1. The van der Waals surface area contributed by atoms with Crippen molar-refractivity contribution in [1.29, 1.82) is 0 Å². The molecule has 0 amide bonds. The molecule has 0 bridgehead atoms. The lowest BCUT2D eigenvalue weighted by molar-refractivity contribution is 0.256. The Kier molecular flexibility index (Phi) is 10.3. The van der Waals surface area contributed by atoms with Crippen molar-refractivity contribution in [1.82, 2.24) is 30.3 Å². The topological polar surface area (TPSA) is 88.8 Å². The molecule has 0 radical (unpaired) electrons. The molecular formula is C21H34IN7O2. The molecule has 0 atom stereocenters. The lowest BCUT2D eigenvalue weighted by Crippen LogP contribution is -2.43. The molecule has 172 valence electrons. The van der Waals surface area contributed by atoms with Crippen LogP contribution in [0, 0.1) is 0 Å². The predicted octanol–water partition coefficient (Wildman–Crippen LogP) is 1.70. The minimum atomic E-state index is 0. The van der Waals surface area contributed by atoms with E-state index in [4.69, 9.17) is 9.47 Å². The van der Waals surface area contributed by atoms with Crippen molar-refractivity contribution in [2.75, 3.05) is 47.4 Å². The van der Waals surface area contributed by atoms with Crippen LogP contribution >= 0.6 is 24.0 Å². The van der Waals surface area contributed by atoms with E-state index in [9.17, 15) is 0 Å². The molecule has 1 aromatic carbocycles. The van der Waals surface area contributed by atoms with Crippen molar-refractivity contribution in [3.8, 4) is 11.5 Å². The van der Waals surface area contributed by atoms with Gasteiger partial charge in [0.1, 0.15) is 12.2 Å². The predicted molar refractivity (Wildman–Crippen MR) is 133 cm³/mol. The van der Waals surface area contributed by atoms with Crippen LogP contribution in [0.4, 0.5) is 0 Å². The number of aromatic nitrogens is 3. The van der Waals surface area contributed by atoms with E-state index >= 15 is 0 Å². The maximum Gasteiger partial charge on any atom is 0.191 e. The third-order valence-electron chi connectivity index (χ3n) is 5.40. The standard InChI is InChI=1S/C21H33N7O2.HI/c1-5-20-26-25-15-28(20)11-8-24-21(22-2)23-7-10-27-9-6-16-12-18(29-3)19(30-4)13-17(16)14-27;/h12-13,15H,5-11,14H2,1-4H3,(H2,22,23,24);1H. The molecule has 1 aliphatic heterocycles. The number of halogens is 1. The fraction of sp³-hybridized carbons (Fsp3) is 0.571. The number of benzene rings is 1. The molecular weight excluding hydrogens is 509 g/mol. The summed E-state index contributed by atoms with van der Waals surface area (Å²) in [6.07, 6.45) is 3.67. The first-order chi connectivity index (χ1) is 14.7. The van der Waals surface area contributed by atoms with Gasteiger partial charge in [-0.25, -0.2) is 0 Å². The Balaban J connectivity index is 0.00000341. The van der Waals surface area contributed by atoms with Gasteiger partial charge < -0.3 is 24.7 Å². The van der Waals surface area contributed by atoms with Gasteiger partial charge in [0.2, 0.25) is 0 Å². The van der Waals surface area contributed by atoms with E-state index < -0.39 is 0 Å². The van der Waals surface area contributed by atoms with Crippen LogP contribution in [-0.4, -0.2) is 73.1 Å². The van der Waals surface area contributed by atoms with Crippen LogP contribution < -0.4 is 20.1 Å². The first kappa shape index (κ1) is 25.2. The zero-order valence-electron chi connectivity index (χ0n) is 18.8. The zero-order chi connectivity index (χ0) is 21.3. The van der Waals surface area contributed by atoms with Crippen molar-refractivity contribution in [2.45, 2.75) is 32.9 Å². The van der Waals surface area contributed by atoms with E-state index in [1.54, 1.807) is 27.6 Å². The lowest BCUT2D eigenvalue weighted by atomic mass is 9.99. The number of hydrogen-bond donors (Lipinski definition) is 2. The fourth-order valence-electron chi connectivity index (χ4n) is 3.72. The number of nitrogens with zero attached hydrogens (tertiary/aromatic N) is 5. The minimum absolute atomic E-state index is 0. The average molecular weight is 543 g/mol. The average Bonchev–Trinajstić information content (AvgIpc) is 3.24. The molecule has 1 aromatic heterocycles. The molecule has 1 aliphatic rings. The summed E-state index contributed by atoms with van der Waals surface area (Å²) < 4.78 is 12.9. The molecule has 2 aromatic rings. The second kappa shape index (κ2) is 12.7. The van der Waals surface area contributed by atoms with Gasteiger partial charge in [-0.05, 0) is 29.7 Å². The van der Waals surface area contributed by atoms with Crippen molar-refractivity contribution < 1.29 is 9.47 Å². The molecule has 0 saturated carbocycles. The number of methoxy groups -OCH3 is 2. The van der Waals surface area contributed by atoms with Crippen LogP contribution in [-0.2, 0) is 25.9 Å². The summed E-state index contributed by atoms with van der Waals surface area (Å²) in [6, 6.07) is 4.21. The Hall–Kier alpha value is -2.08. The molecule has 3 rings (SSSR count). The van der Waals surface area contributed by atoms with Crippen LogP contribution in [0.25, 0.3) is 0 Å². The quantitative estimate of drug-likeness (QED) is 0.283. The van der Waals surface area contributed by atoms with Crippen LogP contribution in [0.1, 0.15) is 23.9 Å². The Morgan fingerprint density at radius 2 is 1.77 bits per heavy atom. The normalized spacial score (nSPS) is 13.9. The third-order valence-corrected chi connectivity index (χ3v) is 5.40. The molecule has 0 fully saturated rings. The molecule has 0 aliphatic carbocycles. The van der Waals surface area contributed by atoms with Gasteiger partial charge in [0.15, 0.2) is 17.5 Å². The van der Waals surface area contributed by atoms with Crippen molar-refractivity contribution in [3.05, 3.63) is 35.4 Å². The van der Waals surface area contributed by atoms with Gasteiger partial charge in [0, 0.05) is 52.7 Å². The van der Waals surface area contributed by atoms with Crippen LogP contribution in [0.3, 0.4) is 0 Å². The number of fused-ring (bicyclic) bond motifs is 1. The maximum absolute atomic E-state index is 5.45. The van der Waals surface area contributed by atoms with Crippen molar-refractivity contribution in [2.24, 2.45) is 4.99 Å². The summed E-state index contributed by atoms with van der Waals surface area (Å²) in [5, 5.41) is 14.8. The highest BCUT2D eigenvalue weighted by Crippen LogP contribution is 2.33. The highest BCUT2D eigenvalue weighted by atomic mass is 127. The molecule has 0 saturated heterocycles. The van der Waals surface area contributed by atoms with Crippen LogP contribution in [0.2, 0.25) is 0 Å². The molecule has 0 spiro atoms. The summed E-state index contributed by atoms with van der Waals surface area (Å²) in [5.74, 6) is 3.41. The second-order valence-corrected chi connectivity index (χ2v) is 7.22. The number of rotatable bonds is 9. The number of nitrogens with one attached hydrogen (secondary N) is 2. The SMILES string of the molecule is CCc1nncn1CCNC(=NC)NCCN1CCc2cc(OC)c(OC)cc2C1.I. The molecule has 31 heavy (non-hydrogen) atoms. The highest BCUT2D eigenvalue weighted by molar-refractivity contribution is 14.0. The molecule has 2 heterocycles. The number of hydrogen-bond acceptors (Lipinski definition) is 6. The van der Waals surface area contributed by atoms with Crippen molar-refractivity contribution >= 4 is 29.9 Å². The van der Waals surface area contributed by atoms with E-state index in [0.29, 0.717) is 0 Å². The smallest absolute Gasteiger partial charge is 0.191 e. The summed E-state index contributed by atoms with van der Waals surface area (Å²) in [7, 11) is 5.16. The monoisotopic (exact) mass is 543 g/mol. The van der Waals surface area contributed by atoms with Gasteiger partial charge in [-0.2, -0.15) is 0 Å². The minimum Gasteiger partial charge on any atom is -0.493 e.